The second-order valence-corrected chi connectivity index (χ2v) is 5.29. The van der Waals surface area contributed by atoms with E-state index in [0.717, 1.165) is 11.3 Å². The molecule has 1 aromatic heterocycles. The smallest absolute Gasteiger partial charge is 0.209 e. The maximum Gasteiger partial charge on any atom is 0.209 e. The van der Waals surface area contributed by atoms with Crippen LogP contribution in [0.25, 0.3) is 0 Å². The van der Waals surface area contributed by atoms with E-state index in [9.17, 15) is 4.79 Å². The van der Waals surface area contributed by atoms with Gasteiger partial charge in [0.25, 0.3) is 0 Å². The van der Waals surface area contributed by atoms with Crippen molar-refractivity contribution in [2.45, 2.75) is 38.1 Å². The Morgan fingerprint density at radius 2 is 1.68 bits per heavy atom. The van der Waals surface area contributed by atoms with Gasteiger partial charge < -0.3 is 4.57 Å². The second kappa shape index (κ2) is 5.43. The zero-order valence-corrected chi connectivity index (χ0v) is 11.1. The molecule has 2 aromatic rings. The van der Waals surface area contributed by atoms with E-state index in [0.29, 0.717) is 6.04 Å². The molecule has 1 fully saturated rings. The Morgan fingerprint density at radius 3 is 2.42 bits per heavy atom. The second-order valence-electron chi connectivity index (χ2n) is 5.29. The van der Waals surface area contributed by atoms with Crippen LogP contribution in [0.4, 0.5) is 0 Å². The molecular weight excluding hydrogens is 234 g/mol. The lowest BCUT2D eigenvalue weighted by Gasteiger charge is -2.25. The van der Waals surface area contributed by atoms with Crippen molar-refractivity contribution in [2.75, 3.05) is 0 Å². The molecule has 0 atom stereocenters. The molecule has 0 N–H and O–H groups in total. The summed E-state index contributed by atoms with van der Waals surface area (Å²) in [5.41, 5.74) is 1.61. The zero-order chi connectivity index (χ0) is 13.1. The number of rotatable bonds is 3. The third-order valence-corrected chi connectivity index (χ3v) is 4.02. The van der Waals surface area contributed by atoms with Crippen LogP contribution in [0.1, 0.15) is 54.2 Å². The molecule has 98 valence electrons. The first-order chi connectivity index (χ1) is 9.36. The average molecular weight is 253 g/mol. The highest BCUT2D eigenvalue weighted by Crippen LogP contribution is 2.30. The minimum absolute atomic E-state index is 0.135. The summed E-state index contributed by atoms with van der Waals surface area (Å²) in [5.74, 6) is 0.135. The average Bonchev–Trinajstić information content (AvgIpc) is 2.98. The summed E-state index contributed by atoms with van der Waals surface area (Å²) in [6, 6.07) is 14.0. The SMILES string of the molecule is O=C(c1ccccc1)c1cccn1C1CCCCC1. The van der Waals surface area contributed by atoms with Crippen LogP contribution in [0.3, 0.4) is 0 Å². The van der Waals surface area contributed by atoms with E-state index in [2.05, 4.69) is 10.8 Å². The molecule has 1 heterocycles. The maximum atomic E-state index is 12.6. The predicted octanol–water partition coefficient (Wildman–Crippen LogP) is 4.22. The van der Waals surface area contributed by atoms with E-state index in [4.69, 9.17) is 0 Å². The van der Waals surface area contributed by atoms with E-state index in [1.54, 1.807) is 0 Å². The Morgan fingerprint density at radius 1 is 0.947 bits per heavy atom. The van der Waals surface area contributed by atoms with E-state index in [1.165, 1.54) is 32.1 Å². The van der Waals surface area contributed by atoms with Crippen molar-refractivity contribution in [2.24, 2.45) is 0 Å². The molecule has 1 aliphatic rings. The maximum absolute atomic E-state index is 12.6. The van der Waals surface area contributed by atoms with Gasteiger partial charge in [0.15, 0.2) is 0 Å². The highest BCUT2D eigenvalue weighted by Gasteiger charge is 2.20. The zero-order valence-electron chi connectivity index (χ0n) is 11.1. The van der Waals surface area contributed by atoms with E-state index in [-0.39, 0.29) is 5.78 Å². The normalized spacial score (nSPS) is 16.4. The Bertz CT molecular complexity index is 550. The molecule has 1 saturated carbocycles. The molecule has 2 heteroatoms. The van der Waals surface area contributed by atoms with Crippen molar-refractivity contribution >= 4 is 5.78 Å². The molecule has 19 heavy (non-hydrogen) atoms. The topological polar surface area (TPSA) is 22.0 Å². The van der Waals surface area contributed by atoms with Gasteiger partial charge in [-0.3, -0.25) is 4.79 Å². The van der Waals surface area contributed by atoms with Crippen LogP contribution >= 0.6 is 0 Å². The molecule has 0 bridgehead atoms. The Labute approximate surface area is 114 Å². The van der Waals surface area contributed by atoms with Crippen molar-refractivity contribution in [3.05, 3.63) is 59.9 Å². The van der Waals surface area contributed by atoms with Crippen LogP contribution < -0.4 is 0 Å². The van der Waals surface area contributed by atoms with Gasteiger partial charge in [-0.2, -0.15) is 0 Å². The highest BCUT2D eigenvalue weighted by molar-refractivity contribution is 6.08. The van der Waals surface area contributed by atoms with Gasteiger partial charge in [-0.25, -0.2) is 0 Å². The van der Waals surface area contributed by atoms with E-state index in [1.807, 2.05) is 42.5 Å². The van der Waals surface area contributed by atoms with Gasteiger partial charge in [-0.1, -0.05) is 49.6 Å². The predicted molar refractivity (Wildman–Crippen MR) is 76.4 cm³/mol. The van der Waals surface area contributed by atoms with Gasteiger partial charge >= 0.3 is 0 Å². The quantitative estimate of drug-likeness (QED) is 0.750. The van der Waals surface area contributed by atoms with Crippen LogP contribution in [-0.2, 0) is 0 Å². The summed E-state index contributed by atoms with van der Waals surface area (Å²) in [7, 11) is 0. The lowest BCUT2D eigenvalue weighted by Crippen LogP contribution is -2.17. The van der Waals surface area contributed by atoms with Gasteiger partial charge in [0.2, 0.25) is 5.78 Å². The minimum Gasteiger partial charge on any atom is -0.342 e. The monoisotopic (exact) mass is 253 g/mol. The van der Waals surface area contributed by atoms with Crippen molar-refractivity contribution < 1.29 is 4.79 Å². The summed E-state index contributed by atoms with van der Waals surface area (Å²) in [6.45, 7) is 0. The van der Waals surface area contributed by atoms with Crippen LogP contribution in [-0.4, -0.2) is 10.4 Å². The number of hydrogen-bond donors (Lipinski definition) is 0. The van der Waals surface area contributed by atoms with Crippen LogP contribution in [0.5, 0.6) is 0 Å². The van der Waals surface area contributed by atoms with Crippen molar-refractivity contribution in [3.8, 4) is 0 Å². The van der Waals surface area contributed by atoms with Crippen molar-refractivity contribution in [1.29, 1.82) is 0 Å². The van der Waals surface area contributed by atoms with Crippen molar-refractivity contribution in [3.63, 3.8) is 0 Å². The Kier molecular flexibility index (Phi) is 3.49. The molecule has 0 spiro atoms. The molecule has 2 nitrogen and oxygen atoms in total. The standard InChI is InChI=1S/C17H19NO/c19-17(14-8-3-1-4-9-14)16-12-7-13-18(16)15-10-5-2-6-11-15/h1,3-4,7-9,12-13,15H,2,5-6,10-11H2. The van der Waals surface area contributed by atoms with Gasteiger partial charge in [-0.15, -0.1) is 0 Å². The first kappa shape index (κ1) is 12.2. The number of aromatic nitrogens is 1. The Hall–Kier alpha value is -1.83. The third kappa shape index (κ3) is 2.48. The van der Waals surface area contributed by atoms with Gasteiger partial charge in [0.1, 0.15) is 0 Å². The molecule has 0 saturated heterocycles. The highest BCUT2D eigenvalue weighted by atomic mass is 16.1. The first-order valence-electron chi connectivity index (χ1n) is 7.13. The lowest BCUT2D eigenvalue weighted by atomic mass is 9.95. The molecule has 1 aromatic carbocycles. The molecule has 1 aliphatic carbocycles. The number of ketones is 1. The number of nitrogens with zero attached hydrogens (tertiary/aromatic N) is 1. The van der Waals surface area contributed by atoms with Gasteiger partial charge in [0, 0.05) is 17.8 Å². The molecular formula is C17H19NO. The molecule has 0 aliphatic heterocycles. The lowest BCUT2D eigenvalue weighted by molar-refractivity contribution is 0.102. The number of hydrogen-bond acceptors (Lipinski definition) is 1. The Balaban J connectivity index is 1.89. The minimum atomic E-state index is 0.135. The summed E-state index contributed by atoms with van der Waals surface area (Å²) < 4.78 is 2.19. The summed E-state index contributed by atoms with van der Waals surface area (Å²) >= 11 is 0. The first-order valence-corrected chi connectivity index (χ1v) is 7.13. The molecule has 0 unspecified atom stereocenters. The van der Waals surface area contributed by atoms with Gasteiger partial charge in [-0.05, 0) is 25.0 Å². The van der Waals surface area contributed by atoms with E-state index < -0.39 is 0 Å². The fourth-order valence-corrected chi connectivity index (χ4v) is 3.00. The molecule has 0 amide bonds. The van der Waals surface area contributed by atoms with Crippen LogP contribution in [0.2, 0.25) is 0 Å². The van der Waals surface area contributed by atoms with Crippen molar-refractivity contribution in [1.82, 2.24) is 4.57 Å². The van der Waals surface area contributed by atoms with E-state index >= 15 is 0 Å². The van der Waals surface area contributed by atoms with Crippen LogP contribution in [0.15, 0.2) is 48.7 Å². The summed E-state index contributed by atoms with van der Waals surface area (Å²) in [6.07, 6.45) is 8.35. The number of benzene rings is 1. The van der Waals surface area contributed by atoms with Gasteiger partial charge in [0.05, 0.1) is 5.69 Å². The fourth-order valence-electron chi connectivity index (χ4n) is 3.00. The molecule has 3 rings (SSSR count). The third-order valence-electron chi connectivity index (χ3n) is 4.02. The number of carbonyl (C=O) groups excluding carboxylic acids is 1. The fraction of sp³-hybridized carbons (Fsp3) is 0.353. The molecule has 0 radical (unpaired) electrons. The van der Waals surface area contributed by atoms with Crippen LogP contribution in [0, 0.1) is 0 Å². The largest absolute Gasteiger partial charge is 0.342 e. The number of carbonyl (C=O) groups is 1. The summed E-state index contributed by atoms with van der Waals surface area (Å²) in [4.78, 5) is 12.6. The summed E-state index contributed by atoms with van der Waals surface area (Å²) in [5, 5.41) is 0.